The number of piperidine rings is 1. The zero-order chi connectivity index (χ0) is 30.0. The number of benzene rings is 3. The molecule has 6 rings (SSSR count). The van der Waals surface area contributed by atoms with Crippen molar-refractivity contribution in [1.82, 2.24) is 4.90 Å². The molecule has 3 aromatic rings. The number of hydrogen-bond donors (Lipinski definition) is 1. The van der Waals surface area contributed by atoms with Gasteiger partial charge in [-0.05, 0) is 79.1 Å². The quantitative estimate of drug-likeness (QED) is 0.290. The second kappa shape index (κ2) is 12.4. The number of nitrogens with two attached hydrogens (primary N) is 1. The Morgan fingerprint density at radius 2 is 1.63 bits per heavy atom. The van der Waals surface area contributed by atoms with E-state index in [1.165, 1.54) is 0 Å². The monoisotopic (exact) mass is 636 g/mol. The van der Waals surface area contributed by atoms with Gasteiger partial charge in [0.2, 0.25) is 5.91 Å². The van der Waals surface area contributed by atoms with E-state index in [-0.39, 0.29) is 11.8 Å². The standard InChI is InChI=1S/C34H34Cl2N2O4S/c35-25-13-15-26(16-14-25)43(29-11-5-4-10-27(29)36)23-17-28(42-30-12-6-7-22-41-30)31(43)32(39)38-20-18-34(19-21-38,33(37)40)24-8-2-1-3-9-24/h1-5,8-11,13-17,23,30H,6-7,12,18-22H2,(H2,37,40). The molecule has 2 unspecified atom stereocenters. The molecule has 9 heteroatoms. The summed E-state index contributed by atoms with van der Waals surface area (Å²) in [7, 11) is -2.31. The summed E-state index contributed by atoms with van der Waals surface area (Å²) in [5.41, 5.74) is 6.06. The lowest BCUT2D eigenvalue weighted by Crippen LogP contribution is -2.51. The Hall–Kier alpha value is -3.23. The molecule has 0 spiro atoms. The molecule has 0 aliphatic carbocycles. The summed E-state index contributed by atoms with van der Waals surface area (Å²) in [5, 5.41) is 3.24. The SMILES string of the molecule is NC(=O)C1(c2ccccc2)CCN(C(=O)C2=C(OC3CCCCO3)C=CS2(c2ccc(Cl)cc2)c2ccccc2Cl)CC1. The van der Waals surface area contributed by atoms with Gasteiger partial charge in [0.05, 0.1) is 17.0 Å². The lowest BCUT2D eigenvalue weighted by molar-refractivity contribution is -0.139. The zero-order valence-corrected chi connectivity index (χ0v) is 26.0. The Morgan fingerprint density at radius 1 is 0.930 bits per heavy atom. The highest BCUT2D eigenvalue weighted by molar-refractivity contribution is 8.40. The minimum atomic E-state index is -2.31. The second-order valence-corrected chi connectivity index (χ2v) is 14.8. The summed E-state index contributed by atoms with van der Waals surface area (Å²) in [5.74, 6) is -0.0217. The van der Waals surface area contributed by atoms with Crippen LogP contribution >= 0.6 is 33.2 Å². The molecule has 6 nitrogen and oxygen atoms in total. The first-order valence-electron chi connectivity index (χ1n) is 14.5. The summed E-state index contributed by atoms with van der Waals surface area (Å²) in [6, 6.07) is 24.9. The summed E-state index contributed by atoms with van der Waals surface area (Å²) < 4.78 is 12.4. The summed E-state index contributed by atoms with van der Waals surface area (Å²) >= 11 is 13.2. The van der Waals surface area contributed by atoms with Crippen LogP contribution in [0.15, 0.2) is 111 Å². The van der Waals surface area contributed by atoms with Gasteiger partial charge < -0.3 is 20.1 Å². The lowest BCUT2D eigenvalue weighted by atomic mass is 9.72. The van der Waals surface area contributed by atoms with Crippen molar-refractivity contribution >= 4 is 45.0 Å². The van der Waals surface area contributed by atoms with E-state index in [0.717, 1.165) is 34.6 Å². The average Bonchev–Trinajstić information content (AvgIpc) is 3.41. The predicted molar refractivity (Wildman–Crippen MR) is 171 cm³/mol. The van der Waals surface area contributed by atoms with E-state index >= 15 is 0 Å². The van der Waals surface area contributed by atoms with Gasteiger partial charge in [-0.15, -0.1) is 10.0 Å². The topological polar surface area (TPSA) is 81.9 Å². The van der Waals surface area contributed by atoms with Crippen LogP contribution in [-0.4, -0.2) is 42.7 Å². The molecule has 2 amide bonds. The smallest absolute Gasteiger partial charge is 0.263 e. The lowest BCUT2D eigenvalue weighted by Gasteiger charge is -2.43. The highest BCUT2D eigenvalue weighted by Crippen LogP contribution is 2.74. The Balaban J connectivity index is 1.44. The van der Waals surface area contributed by atoms with Crippen molar-refractivity contribution < 1.29 is 19.1 Å². The van der Waals surface area contributed by atoms with Gasteiger partial charge in [0.25, 0.3) is 5.91 Å². The van der Waals surface area contributed by atoms with Gasteiger partial charge in [-0.1, -0.05) is 65.7 Å². The molecule has 0 radical (unpaired) electrons. The molecule has 2 saturated heterocycles. The molecule has 3 aromatic carbocycles. The zero-order valence-electron chi connectivity index (χ0n) is 23.7. The number of hydrogen-bond acceptors (Lipinski definition) is 4. The molecule has 224 valence electrons. The Labute approximate surface area is 263 Å². The number of likely N-dealkylation sites (tertiary alicyclic amines) is 1. The van der Waals surface area contributed by atoms with Gasteiger partial charge >= 0.3 is 0 Å². The second-order valence-electron chi connectivity index (χ2n) is 11.1. The van der Waals surface area contributed by atoms with E-state index < -0.39 is 21.7 Å². The first-order valence-corrected chi connectivity index (χ1v) is 17.0. The molecule has 3 aliphatic rings. The van der Waals surface area contributed by atoms with Crippen LogP contribution in [0.3, 0.4) is 0 Å². The number of primary amides is 1. The van der Waals surface area contributed by atoms with E-state index in [4.69, 9.17) is 38.4 Å². The van der Waals surface area contributed by atoms with Gasteiger partial charge in [-0.2, -0.15) is 0 Å². The molecule has 2 atom stereocenters. The normalized spacial score (nSPS) is 24.8. The molecular weight excluding hydrogens is 603 g/mol. The third-order valence-corrected chi connectivity index (χ3v) is 13.0. The number of carbonyl (C=O) groups is 2. The Kier molecular flexibility index (Phi) is 8.60. The van der Waals surface area contributed by atoms with Crippen molar-refractivity contribution in [2.24, 2.45) is 5.73 Å². The van der Waals surface area contributed by atoms with Gasteiger partial charge in [0.1, 0.15) is 10.7 Å². The molecule has 0 aromatic heterocycles. The fourth-order valence-electron chi connectivity index (χ4n) is 6.28. The third kappa shape index (κ3) is 5.48. The van der Waals surface area contributed by atoms with Crippen LogP contribution in [0.4, 0.5) is 0 Å². The van der Waals surface area contributed by atoms with Crippen molar-refractivity contribution in [2.75, 3.05) is 19.7 Å². The van der Waals surface area contributed by atoms with E-state index in [1.807, 2.05) is 89.8 Å². The van der Waals surface area contributed by atoms with Crippen LogP contribution in [0.2, 0.25) is 10.0 Å². The van der Waals surface area contributed by atoms with Crippen LogP contribution in [0.1, 0.15) is 37.7 Å². The van der Waals surface area contributed by atoms with Crippen molar-refractivity contribution in [3.8, 4) is 0 Å². The highest BCUT2D eigenvalue weighted by atomic mass is 35.5. The van der Waals surface area contributed by atoms with Crippen molar-refractivity contribution in [3.63, 3.8) is 0 Å². The minimum Gasteiger partial charge on any atom is -0.464 e. The largest absolute Gasteiger partial charge is 0.464 e. The molecule has 2 fully saturated rings. The Morgan fingerprint density at radius 3 is 2.28 bits per heavy atom. The molecular formula is C34H34Cl2N2O4S. The summed E-state index contributed by atoms with van der Waals surface area (Å²) in [4.78, 5) is 31.8. The Bertz CT molecular complexity index is 1560. The number of amides is 2. The maximum Gasteiger partial charge on any atom is 0.263 e. The maximum absolute atomic E-state index is 14.9. The summed E-state index contributed by atoms with van der Waals surface area (Å²) in [6.45, 7) is 1.35. The van der Waals surface area contributed by atoms with Crippen LogP contribution in [-0.2, 0) is 24.5 Å². The van der Waals surface area contributed by atoms with E-state index in [2.05, 4.69) is 5.41 Å². The van der Waals surface area contributed by atoms with E-state index in [0.29, 0.717) is 53.2 Å². The van der Waals surface area contributed by atoms with Crippen molar-refractivity contribution in [2.45, 2.75) is 53.6 Å². The number of ether oxygens (including phenoxy) is 2. The molecule has 2 N–H and O–H groups in total. The van der Waals surface area contributed by atoms with Crippen LogP contribution in [0, 0.1) is 0 Å². The van der Waals surface area contributed by atoms with Crippen LogP contribution in [0.5, 0.6) is 0 Å². The highest BCUT2D eigenvalue weighted by Gasteiger charge is 2.47. The van der Waals surface area contributed by atoms with E-state index in [9.17, 15) is 9.59 Å². The fourth-order valence-corrected chi connectivity index (χ4v) is 10.5. The molecule has 0 saturated carbocycles. The fraction of sp³-hybridized carbons (Fsp3) is 0.294. The molecule has 43 heavy (non-hydrogen) atoms. The predicted octanol–water partition coefficient (Wildman–Crippen LogP) is 7.54. The van der Waals surface area contributed by atoms with Gasteiger partial charge in [-0.3, -0.25) is 9.59 Å². The molecule has 0 bridgehead atoms. The van der Waals surface area contributed by atoms with Crippen molar-refractivity contribution in [3.05, 3.63) is 117 Å². The average molecular weight is 638 g/mol. The van der Waals surface area contributed by atoms with Gasteiger partial charge in [0.15, 0.2) is 6.29 Å². The van der Waals surface area contributed by atoms with Crippen molar-refractivity contribution in [1.29, 1.82) is 0 Å². The maximum atomic E-state index is 14.9. The number of carbonyl (C=O) groups excluding carboxylic acids is 2. The molecule has 3 heterocycles. The van der Waals surface area contributed by atoms with Gasteiger partial charge in [0, 0.05) is 34.3 Å². The first-order chi connectivity index (χ1) is 20.8. The number of halogens is 2. The number of allylic oxidation sites excluding steroid dienone is 1. The molecule has 3 aliphatic heterocycles. The van der Waals surface area contributed by atoms with Crippen LogP contribution < -0.4 is 5.73 Å². The van der Waals surface area contributed by atoms with E-state index in [1.54, 1.807) is 0 Å². The summed E-state index contributed by atoms with van der Waals surface area (Å²) in [6.07, 6.45) is 5.04. The number of nitrogens with zero attached hydrogens (tertiary/aromatic N) is 1. The first kappa shape index (κ1) is 29.8. The van der Waals surface area contributed by atoms with Crippen LogP contribution in [0.25, 0.3) is 0 Å². The van der Waals surface area contributed by atoms with Gasteiger partial charge in [-0.25, -0.2) is 0 Å². The minimum absolute atomic E-state index is 0.146. The number of rotatable bonds is 7. The third-order valence-electron chi connectivity index (χ3n) is 8.63.